The SMILES string of the molecule is CSc1cccc(NC(=O)CSc2nnc(-c3cccnc3)n2Cc2ccco2)c1. The van der Waals surface area contributed by atoms with Gasteiger partial charge in [0.05, 0.1) is 18.6 Å². The zero-order valence-corrected chi connectivity index (χ0v) is 17.8. The second-order valence-corrected chi connectivity index (χ2v) is 8.10. The molecule has 3 heterocycles. The fourth-order valence-electron chi connectivity index (χ4n) is 2.83. The van der Waals surface area contributed by atoms with Crippen LogP contribution in [-0.2, 0) is 11.3 Å². The van der Waals surface area contributed by atoms with Crippen LogP contribution in [0.4, 0.5) is 5.69 Å². The van der Waals surface area contributed by atoms with Gasteiger partial charge in [0.2, 0.25) is 5.91 Å². The quantitative estimate of drug-likeness (QED) is 0.408. The minimum Gasteiger partial charge on any atom is -0.467 e. The summed E-state index contributed by atoms with van der Waals surface area (Å²) in [5, 5.41) is 12.2. The Morgan fingerprint density at radius 1 is 1.17 bits per heavy atom. The van der Waals surface area contributed by atoms with Crippen LogP contribution in [0.25, 0.3) is 11.4 Å². The Labute approximate surface area is 182 Å². The maximum absolute atomic E-state index is 12.5. The lowest BCUT2D eigenvalue weighted by Crippen LogP contribution is -2.14. The topological polar surface area (TPSA) is 85.8 Å². The molecule has 0 bridgehead atoms. The summed E-state index contributed by atoms with van der Waals surface area (Å²) < 4.78 is 7.43. The van der Waals surface area contributed by atoms with Gasteiger partial charge in [-0.1, -0.05) is 17.8 Å². The number of thioether (sulfide) groups is 2. The number of nitrogens with one attached hydrogen (secondary N) is 1. The van der Waals surface area contributed by atoms with Crippen LogP contribution >= 0.6 is 23.5 Å². The predicted molar refractivity (Wildman–Crippen MR) is 119 cm³/mol. The summed E-state index contributed by atoms with van der Waals surface area (Å²) in [5.41, 5.74) is 1.63. The van der Waals surface area contributed by atoms with Crippen molar-refractivity contribution in [2.75, 3.05) is 17.3 Å². The van der Waals surface area contributed by atoms with E-state index < -0.39 is 0 Å². The van der Waals surface area contributed by atoms with Gasteiger partial charge in [0.25, 0.3) is 0 Å². The monoisotopic (exact) mass is 437 g/mol. The second-order valence-electron chi connectivity index (χ2n) is 6.28. The molecule has 30 heavy (non-hydrogen) atoms. The normalized spacial score (nSPS) is 10.8. The van der Waals surface area contributed by atoms with Crippen LogP contribution < -0.4 is 5.32 Å². The number of hydrogen-bond donors (Lipinski definition) is 1. The number of pyridine rings is 1. The van der Waals surface area contributed by atoms with Crippen molar-refractivity contribution in [1.82, 2.24) is 19.7 Å². The van der Waals surface area contributed by atoms with Crippen molar-refractivity contribution in [2.24, 2.45) is 0 Å². The molecule has 1 aromatic carbocycles. The average molecular weight is 438 g/mol. The summed E-state index contributed by atoms with van der Waals surface area (Å²) in [7, 11) is 0. The summed E-state index contributed by atoms with van der Waals surface area (Å²) >= 11 is 2.96. The number of nitrogens with zero attached hydrogens (tertiary/aromatic N) is 4. The Balaban J connectivity index is 1.50. The van der Waals surface area contributed by atoms with E-state index in [2.05, 4.69) is 20.5 Å². The van der Waals surface area contributed by atoms with E-state index >= 15 is 0 Å². The number of furan rings is 1. The lowest BCUT2D eigenvalue weighted by atomic mass is 10.2. The molecule has 4 aromatic rings. The van der Waals surface area contributed by atoms with Crippen molar-refractivity contribution in [3.63, 3.8) is 0 Å². The Hall–Kier alpha value is -3.04. The van der Waals surface area contributed by atoms with Gasteiger partial charge in [-0.05, 0) is 48.7 Å². The number of benzene rings is 1. The number of carbonyl (C=O) groups is 1. The molecule has 0 unspecified atom stereocenters. The van der Waals surface area contributed by atoms with Crippen molar-refractivity contribution in [1.29, 1.82) is 0 Å². The Kier molecular flexibility index (Phi) is 6.50. The van der Waals surface area contributed by atoms with Gasteiger partial charge in [-0.15, -0.1) is 22.0 Å². The van der Waals surface area contributed by atoms with Gasteiger partial charge in [0, 0.05) is 28.5 Å². The lowest BCUT2D eigenvalue weighted by Gasteiger charge is -2.09. The van der Waals surface area contributed by atoms with E-state index in [4.69, 9.17) is 4.42 Å². The van der Waals surface area contributed by atoms with Crippen LogP contribution in [0.1, 0.15) is 5.76 Å². The van der Waals surface area contributed by atoms with E-state index in [1.807, 2.05) is 59.4 Å². The van der Waals surface area contributed by atoms with Gasteiger partial charge in [-0.25, -0.2) is 0 Å². The van der Waals surface area contributed by atoms with Crippen LogP contribution in [-0.4, -0.2) is 37.7 Å². The first-order valence-corrected chi connectivity index (χ1v) is 11.4. The number of amides is 1. The minimum atomic E-state index is -0.103. The minimum absolute atomic E-state index is 0.103. The lowest BCUT2D eigenvalue weighted by molar-refractivity contribution is -0.113. The molecule has 0 saturated carbocycles. The summed E-state index contributed by atoms with van der Waals surface area (Å²) in [4.78, 5) is 17.7. The van der Waals surface area contributed by atoms with Crippen molar-refractivity contribution >= 4 is 35.1 Å². The molecule has 0 atom stereocenters. The van der Waals surface area contributed by atoms with Gasteiger partial charge in [-0.2, -0.15) is 0 Å². The molecular weight excluding hydrogens is 418 g/mol. The molecule has 0 aliphatic carbocycles. The highest BCUT2D eigenvalue weighted by atomic mass is 32.2. The standard InChI is InChI=1S/C21H19N5O2S2/c1-29-18-8-2-6-16(11-18)23-19(27)14-30-21-25-24-20(15-5-3-9-22-12-15)26(21)13-17-7-4-10-28-17/h2-12H,13-14H2,1H3,(H,23,27). The van der Waals surface area contributed by atoms with E-state index in [0.717, 1.165) is 21.9 Å². The van der Waals surface area contributed by atoms with Crippen molar-refractivity contribution in [3.05, 3.63) is 72.9 Å². The summed E-state index contributed by atoms with van der Waals surface area (Å²) in [6.07, 6.45) is 7.08. The second kappa shape index (κ2) is 9.64. The van der Waals surface area contributed by atoms with E-state index in [0.29, 0.717) is 17.5 Å². The molecule has 0 spiro atoms. The van der Waals surface area contributed by atoms with Crippen LogP contribution in [0.3, 0.4) is 0 Å². The molecule has 1 amide bonds. The zero-order valence-electron chi connectivity index (χ0n) is 16.2. The Morgan fingerprint density at radius 2 is 2.10 bits per heavy atom. The van der Waals surface area contributed by atoms with E-state index in [-0.39, 0.29) is 11.7 Å². The molecule has 1 N–H and O–H groups in total. The van der Waals surface area contributed by atoms with Crippen molar-refractivity contribution in [3.8, 4) is 11.4 Å². The predicted octanol–water partition coefficient (Wildman–Crippen LogP) is 4.43. The maximum atomic E-state index is 12.5. The number of hydrogen-bond acceptors (Lipinski definition) is 7. The van der Waals surface area contributed by atoms with E-state index in [1.165, 1.54) is 11.8 Å². The first kappa shape index (κ1) is 20.2. The highest BCUT2D eigenvalue weighted by molar-refractivity contribution is 7.99. The molecule has 0 aliphatic heterocycles. The van der Waals surface area contributed by atoms with Crippen molar-refractivity contribution in [2.45, 2.75) is 16.6 Å². The average Bonchev–Trinajstić information content (AvgIpc) is 3.43. The third-order valence-electron chi connectivity index (χ3n) is 4.22. The number of aromatic nitrogens is 4. The first-order chi connectivity index (χ1) is 14.7. The molecule has 0 saturated heterocycles. The van der Waals surface area contributed by atoms with Gasteiger partial charge >= 0.3 is 0 Å². The van der Waals surface area contributed by atoms with Crippen LogP contribution in [0.5, 0.6) is 0 Å². The maximum Gasteiger partial charge on any atom is 0.234 e. The smallest absolute Gasteiger partial charge is 0.234 e. The molecule has 7 nitrogen and oxygen atoms in total. The number of carbonyl (C=O) groups excluding carboxylic acids is 1. The first-order valence-electron chi connectivity index (χ1n) is 9.15. The fourth-order valence-corrected chi connectivity index (χ4v) is 4.03. The van der Waals surface area contributed by atoms with E-state index in [1.54, 1.807) is 30.4 Å². The molecule has 3 aromatic heterocycles. The van der Waals surface area contributed by atoms with Gasteiger partial charge in [0.15, 0.2) is 11.0 Å². The largest absolute Gasteiger partial charge is 0.467 e. The molecular formula is C21H19N5O2S2. The number of anilines is 1. The fraction of sp³-hybridized carbons (Fsp3) is 0.143. The van der Waals surface area contributed by atoms with Gasteiger partial charge < -0.3 is 9.73 Å². The molecule has 0 aliphatic rings. The number of rotatable bonds is 8. The van der Waals surface area contributed by atoms with Crippen LogP contribution in [0, 0.1) is 0 Å². The highest BCUT2D eigenvalue weighted by Gasteiger charge is 2.17. The van der Waals surface area contributed by atoms with Crippen molar-refractivity contribution < 1.29 is 9.21 Å². The highest BCUT2D eigenvalue weighted by Crippen LogP contribution is 2.25. The third-order valence-corrected chi connectivity index (χ3v) is 5.91. The van der Waals surface area contributed by atoms with Gasteiger partial charge in [0.1, 0.15) is 5.76 Å². The zero-order chi connectivity index (χ0) is 20.8. The van der Waals surface area contributed by atoms with E-state index in [9.17, 15) is 4.79 Å². The summed E-state index contributed by atoms with van der Waals surface area (Å²) in [6.45, 7) is 0.462. The third kappa shape index (κ3) is 4.92. The van der Waals surface area contributed by atoms with Crippen LogP contribution in [0.2, 0.25) is 0 Å². The summed E-state index contributed by atoms with van der Waals surface area (Å²) in [6, 6.07) is 15.3. The summed E-state index contributed by atoms with van der Waals surface area (Å²) in [5.74, 6) is 1.57. The Bertz CT molecular complexity index is 1110. The van der Waals surface area contributed by atoms with Crippen LogP contribution in [0.15, 0.2) is 81.7 Å². The molecule has 4 rings (SSSR count). The molecule has 152 valence electrons. The molecule has 9 heteroatoms. The van der Waals surface area contributed by atoms with Gasteiger partial charge in [-0.3, -0.25) is 14.3 Å². The molecule has 0 radical (unpaired) electrons. The molecule has 0 fully saturated rings. The Morgan fingerprint density at radius 3 is 2.87 bits per heavy atom.